The first-order chi connectivity index (χ1) is 12.7. The third-order valence-electron chi connectivity index (χ3n) is 4.30. The molecule has 0 radical (unpaired) electrons. The van der Waals surface area contributed by atoms with E-state index >= 15 is 0 Å². The number of fused-ring (bicyclic) bond motifs is 1. The first-order valence-electron chi connectivity index (χ1n) is 8.76. The highest BCUT2D eigenvalue weighted by atomic mass is 16.4. The van der Waals surface area contributed by atoms with Crippen LogP contribution in [0.5, 0.6) is 0 Å². The topological polar surface area (TPSA) is 98.2 Å². The molecule has 0 bridgehead atoms. The Hall–Kier alpha value is -2.99. The van der Waals surface area contributed by atoms with Crippen LogP contribution in [0.15, 0.2) is 53.3 Å². The third kappa shape index (κ3) is 4.60. The second-order valence-electron chi connectivity index (χ2n) is 6.71. The van der Waals surface area contributed by atoms with Crippen LogP contribution in [0.1, 0.15) is 25.2 Å². The largest absolute Gasteiger partial charge is 0.480 e. The maximum atomic E-state index is 12.6. The number of rotatable bonds is 3. The number of aromatic nitrogens is 2. The van der Waals surface area contributed by atoms with Crippen LogP contribution in [0, 0.1) is 19.8 Å². The number of hydrogen-bond donors (Lipinski definition) is 2. The molecule has 2 aromatic carbocycles. The molecule has 1 heterocycles. The number of hydrogen-bond acceptors (Lipinski definition) is 4. The molecular weight excluding hydrogens is 342 g/mol. The second-order valence-corrected chi connectivity index (χ2v) is 6.71. The van der Waals surface area contributed by atoms with Crippen LogP contribution in [-0.2, 0) is 4.79 Å². The SMILES string of the molecule is CC(C)[C@H](N)C(=O)O.Cc1ccccc1-n1c(C)nc2ccccc2c1=O. The third-order valence-corrected chi connectivity index (χ3v) is 4.30. The van der Waals surface area contributed by atoms with Crippen LogP contribution in [0.25, 0.3) is 16.6 Å². The van der Waals surface area contributed by atoms with Crippen LogP contribution in [0.3, 0.4) is 0 Å². The molecule has 1 aromatic heterocycles. The predicted molar refractivity (Wildman–Crippen MR) is 107 cm³/mol. The summed E-state index contributed by atoms with van der Waals surface area (Å²) >= 11 is 0. The van der Waals surface area contributed by atoms with Gasteiger partial charge in [0.15, 0.2) is 0 Å². The standard InChI is InChI=1S/C16H14N2O.C5H11NO2/c1-11-7-3-6-10-15(11)18-12(2)17-14-9-5-4-8-13(14)16(18)19;1-3(2)4(6)5(7)8/h3-10H,1-2H3;3-4H,6H2,1-2H3,(H,7,8)/t;4-/m.0/s1. The Labute approximate surface area is 158 Å². The van der Waals surface area contributed by atoms with Crippen molar-refractivity contribution in [3.05, 3.63) is 70.3 Å². The zero-order chi connectivity index (χ0) is 20.1. The van der Waals surface area contributed by atoms with Gasteiger partial charge in [-0.15, -0.1) is 0 Å². The van der Waals surface area contributed by atoms with Crippen molar-refractivity contribution in [2.45, 2.75) is 33.7 Å². The lowest BCUT2D eigenvalue weighted by atomic mass is 10.1. The Bertz CT molecular complexity index is 1010. The van der Waals surface area contributed by atoms with Gasteiger partial charge in [0.25, 0.3) is 5.56 Å². The van der Waals surface area contributed by atoms with E-state index in [0.29, 0.717) is 11.2 Å². The highest BCUT2D eigenvalue weighted by Crippen LogP contribution is 2.15. The van der Waals surface area contributed by atoms with Gasteiger partial charge in [-0.1, -0.05) is 44.2 Å². The number of carboxylic acid groups (broad SMARTS) is 1. The van der Waals surface area contributed by atoms with E-state index in [1.807, 2.05) is 62.4 Å². The fourth-order valence-electron chi connectivity index (χ4n) is 2.63. The molecule has 0 fully saturated rings. The lowest BCUT2D eigenvalue weighted by Gasteiger charge is -2.12. The zero-order valence-corrected chi connectivity index (χ0v) is 16.0. The van der Waals surface area contributed by atoms with Crippen molar-refractivity contribution >= 4 is 16.9 Å². The molecule has 27 heavy (non-hydrogen) atoms. The maximum absolute atomic E-state index is 12.6. The number of para-hydroxylation sites is 2. The molecule has 3 aromatic rings. The van der Waals surface area contributed by atoms with Crippen molar-refractivity contribution in [1.82, 2.24) is 9.55 Å². The number of aliphatic carboxylic acids is 1. The molecule has 0 saturated carbocycles. The van der Waals surface area contributed by atoms with Crippen LogP contribution >= 0.6 is 0 Å². The first-order valence-corrected chi connectivity index (χ1v) is 8.76. The summed E-state index contributed by atoms with van der Waals surface area (Å²) in [5.41, 5.74) is 7.84. The number of nitrogens with zero attached hydrogens (tertiary/aromatic N) is 2. The molecule has 6 heteroatoms. The molecule has 0 unspecified atom stereocenters. The predicted octanol–water partition coefficient (Wildman–Crippen LogP) is 3.06. The summed E-state index contributed by atoms with van der Waals surface area (Å²) in [6.45, 7) is 7.41. The van der Waals surface area contributed by atoms with Crippen LogP contribution in [0.2, 0.25) is 0 Å². The van der Waals surface area contributed by atoms with E-state index < -0.39 is 12.0 Å². The van der Waals surface area contributed by atoms with Gasteiger partial charge < -0.3 is 10.8 Å². The lowest BCUT2D eigenvalue weighted by molar-refractivity contribution is -0.139. The lowest BCUT2D eigenvalue weighted by Crippen LogP contribution is -2.34. The number of carbonyl (C=O) groups is 1. The van der Waals surface area contributed by atoms with Crippen LogP contribution < -0.4 is 11.3 Å². The fourth-order valence-corrected chi connectivity index (χ4v) is 2.63. The van der Waals surface area contributed by atoms with Crippen molar-refractivity contribution < 1.29 is 9.90 Å². The minimum Gasteiger partial charge on any atom is -0.480 e. The van der Waals surface area contributed by atoms with Gasteiger partial charge in [0.1, 0.15) is 11.9 Å². The van der Waals surface area contributed by atoms with E-state index in [4.69, 9.17) is 10.8 Å². The summed E-state index contributed by atoms with van der Waals surface area (Å²) in [6.07, 6.45) is 0. The molecule has 0 saturated heterocycles. The van der Waals surface area contributed by atoms with Gasteiger partial charge >= 0.3 is 5.97 Å². The average Bonchev–Trinajstić information content (AvgIpc) is 2.63. The molecule has 0 aliphatic heterocycles. The van der Waals surface area contributed by atoms with E-state index in [1.165, 1.54) is 0 Å². The maximum Gasteiger partial charge on any atom is 0.320 e. The molecule has 3 rings (SSSR count). The summed E-state index contributed by atoms with van der Waals surface area (Å²) in [5, 5.41) is 8.88. The summed E-state index contributed by atoms with van der Waals surface area (Å²) in [4.78, 5) is 27.2. The van der Waals surface area contributed by atoms with E-state index in [2.05, 4.69) is 4.98 Å². The van der Waals surface area contributed by atoms with Crippen LogP contribution in [0.4, 0.5) is 0 Å². The summed E-state index contributed by atoms with van der Waals surface area (Å²) in [5.74, 6) is -0.203. The molecule has 1 atom stereocenters. The summed E-state index contributed by atoms with van der Waals surface area (Å²) < 4.78 is 1.68. The molecular formula is C21H25N3O3. The van der Waals surface area contributed by atoms with Crippen molar-refractivity contribution in [1.29, 1.82) is 0 Å². The Balaban J connectivity index is 0.000000279. The van der Waals surface area contributed by atoms with Crippen molar-refractivity contribution in [2.24, 2.45) is 11.7 Å². The van der Waals surface area contributed by atoms with Gasteiger partial charge in [0, 0.05) is 0 Å². The molecule has 6 nitrogen and oxygen atoms in total. The molecule has 0 aliphatic carbocycles. The van der Waals surface area contributed by atoms with Crippen molar-refractivity contribution in [3.8, 4) is 5.69 Å². The Morgan fingerprint density at radius 3 is 2.22 bits per heavy atom. The number of nitrogens with two attached hydrogens (primary N) is 1. The van der Waals surface area contributed by atoms with Gasteiger partial charge in [0.05, 0.1) is 16.6 Å². The van der Waals surface area contributed by atoms with E-state index in [0.717, 1.165) is 16.8 Å². The highest BCUT2D eigenvalue weighted by Gasteiger charge is 2.14. The first kappa shape index (κ1) is 20.3. The number of aryl methyl sites for hydroxylation is 2. The molecule has 0 amide bonds. The van der Waals surface area contributed by atoms with E-state index in [1.54, 1.807) is 18.4 Å². The quantitative estimate of drug-likeness (QED) is 0.741. The number of benzene rings is 2. The average molecular weight is 367 g/mol. The Kier molecular flexibility index (Phi) is 6.47. The van der Waals surface area contributed by atoms with Crippen LogP contribution in [-0.4, -0.2) is 26.7 Å². The van der Waals surface area contributed by atoms with Gasteiger partial charge in [-0.25, -0.2) is 4.98 Å². The molecule has 142 valence electrons. The monoisotopic (exact) mass is 367 g/mol. The van der Waals surface area contributed by atoms with Gasteiger partial charge in [-0.2, -0.15) is 0 Å². The molecule has 0 aliphatic rings. The normalized spacial score (nSPS) is 11.8. The van der Waals surface area contributed by atoms with E-state index in [9.17, 15) is 9.59 Å². The van der Waals surface area contributed by atoms with Gasteiger partial charge in [-0.05, 0) is 43.5 Å². The highest BCUT2D eigenvalue weighted by molar-refractivity contribution is 5.77. The smallest absolute Gasteiger partial charge is 0.320 e. The Morgan fingerprint density at radius 2 is 1.67 bits per heavy atom. The summed E-state index contributed by atoms with van der Waals surface area (Å²) in [7, 11) is 0. The fraction of sp³-hybridized carbons (Fsp3) is 0.286. The zero-order valence-electron chi connectivity index (χ0n) is 16.0. The number of carboxylic acids is 1. The van der Waals surface area contributed by atoms with Crippen molar-refractivity contribution in [2.75, 3.05) is 0 Å². The molecule has 0 spiro atoms. The minimum atomic E-state index is -0.931. The second kappa shape index (κ2) is 8.60. The molecule has 3 N–H and O–H groups in total. The van der Waals surface area contributed by atoms with Crippen molar-refractivity contribution in [3.63, 3.8) is 0 Å². The summed E-state index contributed by atoms with van der Waals surface area (Å²) in [6, 6.07) is 14.6. The van der Waals surface area contributed by atoms with Gasteiger partial charge in [-0.3, -0.25) is 14.2 Å². The minimum absolute atomic E-state index is 0.0163. The Morgan fingerprint density at radius 1 is 1.07 bits per heavy atom. The van der Waals surface area contributed by atoms with Gasteiger partial charge in [0.2, 0.25) is 0 Å². The van der Waals surface area contributed by atoms with E-state index in [-0.39, 0.29) is 11.5 Å².